The van der Waals surface area contributed by atoms with Gasteiger partial charge in [0.1, 0.15) is 0 Å². The highest BCUT2D eigenvalue weighted by atomic mass is 16.1. The van der Waals surface area contributed by atoms with Crippen LogP contribution in [0.5, 0.6) is 0 Å². The first-order valence-corrected chi connectivity index (χ1v) is 5.19. The molecule has 0 bridgehead atoms. The quantitative estimate of drug-likeness (QED) is 0.585. The molecule has 0 aromatic rings. The summed E-state index contributed by atoms with van der Waals surface area (Å²) in [6, 6.07) is 0. The molecule has 4 N–H and O–H groups in total. The molecule has 0 aliphatic rings. The fourth-order valence-electron chi connectivity index (χ4n) is 0.598. The van der Waals surface area contributed by atoms with Gasteiger partial charge in [-0.1, -0.05) is 0 Å². The molecule has 0 heterocycles. The van der Waals surface area contributed by atoms with E-state index in [0.717, 1.165) is 0 Å². The Bertz CT molecular complexity index is 159. The summed E-state index contributed by atoms with van der Waals surface area (Å²) < 4.78 is 0. The summed E-state index contributed by atoms with van der Waals surface area (Å²) in [6.07, 6.45) is 1.98. The van der Waals surface area contributed by atoms with E-state index in [1.165, 1.54) is 0 Å². The lowest BCUT2D eigenvalue weighted by molar-refractivity contribution is -0.119. The first kappa shape index (κ1) is 29.7. The van der Waals surface area contributed by atoms with Gasteiger partial charge in [-0.05, 0) is 12.8 Å². The Morgan fingerprint density at radius 1 is 0.611 bits per heavy atom. The van der Waals surface area contributed by atoms with E-state index in [1.54, 1.807) is 0 Å². The highest BCUT2D eigenvalue weighted by molar-refractivity contribution is 5.74. The van der Waals surface area contributed by atoms with Gasteiger partial charge in [0, 0.05) is 12.8 Å². The lowest BCUT2D eigenvalue weighted by atomic mass is 10.2. The summed E-state index contributed by atoms with van der Waals surface area (Å²) in [4.78, 5) is 20.3. The largest absolute Gasteiger partial charge is 0.370 e. The summed E-state index contributed by atoms with van der Waals surface area (Å²) in [5.41, 5.74) is 9.71. The number of primary amides is 2. The average Bonchev–Trinajstić information content (AvgIpc) is 2.43. The molecule has 0 atom stereocenters. The highest BCUT2D eigenvalue weighted by Gasteiger charge is 1.96. The molecule has 4 nitrogen and oxygen atoms in total. The lowest BCUT2D eigenvalue weighted by Crippen LogP contribution is -2.12. The lowest BCUT2D eigenvalue weighted by Gasteiger charge is -1.93. The molecular weight excluding hydrogens is 228 g/mol. The Morgan fingerprint density at radius 3 is 0.889 bits per heavy atom. The van der Waals surface area contributed by atoms with Crippen molar-refractivity contribution >= 4 is 11.8 Å². The van der Waals surface area contributed by atoms with Crippen LogP contribution in [0.2, 0.25) is 0 Å². The third-order valence-corrected chi connectivity index (χ3v) is 1.10. The smallest absolute Gasteiger partial charge is 0.217 e. The van der Waals surface area contributed by atoms with Gasteiger partial charge in [0.2, 0.25) is 11.8 Å². The first-order chi connectivity index (χ1) is 8.63. The Labute approximate surface area is 112 Å². The summed E-state index contributed by atoms with van der Waals surface area (Å²) in [7, 11) is 0. The fourth-order valence-corrected chi connectivity index (χ4v) is 0.598. The molecule has 0 spiro atoms. The Kier molecular flexibility index (Phi) is 76.1. The Morgan fingerprint density at radius 2 is 0.778 bits per heavy atom. The molecule has 0 aromatic heterocycles. The molecule has 2 amide bonds. The second-order valence-corrected chi connectivity index (χ2v) is 2.14. The average molecular weight is 256 g/mol. The number of carbonyl (C=O) groups is 2. The van der Waals surface area contributed by atoms with Crippen molar-refractivity contribution in [3.05, 3.63) is 52.6 Å². The van der Waals surface area contributed by atoms with Gasteiger partial charge in [0.05, 0.1) is 0 Å². The van der Waals surface area contributed by atoms with Crippen molar-refractivity contribution in [2.75, 3.05) is 0 Å². The monoisotopic (exact) mass is 256 g/mol. The van der Waals surface area contributed by atoms with Crippen molar-refractivity contribution in [2.24, 2.45) is 11.5 Å². The minimum absolute atomic E-state index is 0.329. The normalized spacial score (nSPS) is 6.00. The van der Waals surface area contributed by atoms with Crippen LogP contribution in [0.25, 0.3) is 0 Å². The van der Waals surface area contributed by atoms with Gasteiger partial charge in [-0.3, -0.25) is 9.59 Å². The molecule has 0 aliphatic heterocycles. The van der Waals surface area contributed by atoms with Crippen molar-refractivity contribution in [1.82, 2.24) is 0 Å². The molecule has 106 valence electrons. The van der Waals surface area contributed by atoms with E-state index in [9.17, 15) is 9.59 Å². The summed E-state index contributed by atoms with van der Waals surface area (Å²) >= 11 is 0. The third kappa shape index (κ3) is 96.3. The minimum atomic E-state index is -0.329. The van der Waals surface area contributed by atoms with Crippen molar-refractivity contribution in [3.63, 3.8) is 0 Å². The van der Waals surface area contributed by atoms with E-state index in [0.29, 0.717) is 25.7 Å². The van der Waals surface area contributed by atoms with E-state index in [2.05, 4.69) is 52.6 Å². The van der Waals surface area contributed by atoms with Crippen molar-refractivity contribution in [1.29, 1.82) is 0 Å². The molecule has 0 aliphatic carbocycles. The topological polar surface area (TPSA) is 86.2 Å². The van der Waals surface area contributed by atoms with Gasteiger partial charge < -0.3 is 11.5 Å². The molecule has 0 fully saturated rings. The first-order valence-electron chi connectivity index (χ1n) is 5.19. The van der Waals surface area contributed by atoms with E-state index in [1.807, 2.05) is 0 Å². The predicted octanol–water partition coefficient (Wildman–Crippen LogP) is 2.73. The molecular formula is C14H28N2O2. The van der Waals surface area contributed by atoms with Gasteiger partial charge in [-0.25, -0.2) is 0 Å². The number of rotatable bonds is 5. The SMILES string of the molecule is C=C.C=C.C=C.C=C.NC(=O)CCCCC(N)=O. The Balaban J connectivity index is -0.0000000596. The van der Waals surface area contributed by atoms with Crippen LogP contribution in [0, 0.1) is 0 Å². The number of unbranched alkanes of at least 4 members (excludes halogenated alkanes) is 1. The van der Waals surface area contributed by atoms with E-state index in [4.69, 9.17) is 11.5 Å². The molecule has 0 saturated heterocycles. The number of carbonyl (C=O) groups excluding carboxylic acids is 2. The number of hydrogen-bond donors (Lipinski definition) is 2. The zero-order valence-electron chi connectivity index (χ0n) is 11.5. The molecule has 0 aromatic carbocycles. The van der Waals surface area contributed by atoms with E-state index >= 15 is 0 Å². The standard InChI is InChI=1S/C6H12N2O2.4C2H4/c7-5(9)3-1-2-4-6(8)10;4*1-2/h1-4H2,(H2,7,9)(H2,8,10);4*1-2H2. The zero-order chi connectivity index (χ0) is 16.0. The maximum Gasteiger partial charge on any atom is 0.217 e. The predicted molar refractivity (Wildman–Crippen MR) is 81.9 cm³/mol. The van der Waals surface area contributed by atoms with Crippen LogP contribution in [0.3, 0.4) is 0 Å². The molecule has 18 heavy (non-hydrogen) atoms. The zero-order valence-corrected chi connectivity index (χ0v) is 11.5. The molecule has 0 radical (unpaired) electrons. The summed E-state index contributed by atoms with van der Waals surface area (Å²) in [6.45, 7) is 24.0. The van der Waals surface area contributed by atoms with Crippen molar-refractivity contribution in [3.8, 4) is 0 Å². The van der Waals surface area contributed by atoms with Crippen molar-refractivity contribution < 1.29 is 9.59 Å². The summed E-state index contributed by atoms with van der Waals surface area (Å²) in [5.74, 6) is -0.658. The maximum atomic E-state index is 10.2. The van der Waals surface area contributed by atoms with Crippen LogP contribution in [-0.4, -0.2) is 11.8 Å². The molecule has 0 rings (SSSR count). The summed E-state index contributed by atoms with van der Waals surface area (Å²) in [5, 5.41) is 0. The van der Waals surface area contributed by atoms with Gasteiger partial charge >= 0.3 is 0 Å². The van der Waals surface area contributed by atoms with E-state index in [-0.39, 0.29) is 11.8 Å². The fraction of sp³-hybridized carbons (Fsp3) is 0.286. The van der Waals surface area contributed by atoms with Gasteiger partial charge in [-0.2, -0.15) is 0 Å². The maximum absolute atomic E-state index is 10.2. The number of amides is 2. The number of nitrogens with two attached hydrogens (primary N) is 2. The van der Waals surface area contributed by atoms with Crippen LogP contribution >= 0.6 is 0 Å². The molecule has 4 heteroatoms. The van der Waals surface area contributed by atoms with Crippen LogP contribution in [-0.2, 0) is 9.59 Å². The van der Waals surface area contributed by atoms with Crippen LogP contribution < -0.4 is 11.5 Å². The minimum Gasteiger partial charge on any atom is -0.370 e. The van der Waals surface area contributed by atoms with Gasteiger partial charge in [0.25, 0.3) is 0 Å². The van der Waals surface area contributed by atoms with Gasteiger partial charge in [-0.15, -0.1) is 52.6 Å². The number of hydrogen-bond acceptors (Lipinski definition) is 2. The van der Waals surface area contributed by atoms with Crippen LogP contribution in [0.1, 0.15) is 25.7 Å². The van der Waals surface area contributed by atoms with E-state index < -0.39 is 0 Å². The van der Waals surface area contributed by atoms with Crippen LogP contribution in [0.4, 0.5) is 0 Å². The highest BCUT2D eigenvalue weighted by Crippen LogP contribution is 1.97. The Hall–Kier alpha value is -2.10. The van der Waals surface area contributed by atoms with Gasteiger partial charge in [0.15, 0.2) is 0 Å². The van der Waals surface area contributed by atoms with Crippen molar-refractivity contribution in [2.45, 2.75) is 25.7 Å². The van der Waals surface area contributed by atoms with Crippen LogP contribution in [0.15, 0.2) is 52.6 Å². The third-order valence-electron chi connectivity index (χ3n) is 1.10. The molecule has 0 saturated carbocycles. The molecule has 0 unspecified atom stereocenters. The second kappa shape index (κ2) is 46.1. The second-order valence-electron chi connectivity index (χ2n) is 2.14.